The van der Waals surface area contributed by atoms with Gasteiger partial charge in [-0.1, -0.05) is 78.9 Å². The van der Waals surface area contributed by atoms with E-state index in [-0.39, 0.29) is 0 Å². The van der Waals surface area contributed by atoms with Gasteiger partial charge in [0.2, 0.25) is 0 Å². The number of hydrogen-bond acceptors (Lipinski definition) is 1. The van der Waals surface area contributed by atoms with E-state index in [1.54, 1.807) is 0 Å². The van der Waals surface area contributed by atoms with E-state index >= 15 is 0 Å². The second-order valence-corrected chi connectivity index (χ2v) is 4.80. The van der Waals surface area contributed by atoms with Crippen molar-refractivity contribution < 1.29 is 0 Å². The molecule has 0 bridgehead atoms. The van der Waals surface area contributed by atoms with E-state index < -0.39 is 0 Å². The molecule has 98 valence electrons. The van der Waals surface area contributed by atoms with Crippen LogP contribution in [-0.2, 0) is 6.54 Å². The zero-order valence-electron chi connectivity index (χ0n) is 11.3. The van der Waals surface area contributed by atoms with E-state index in [0.29, 0.717) is 6.54 Å². The number of benzene rings is 3. The molecular formula is C19H17N. The van der Waals surface area contributed by atoms with Crippen molar-refractivity contribution in [1.29, 1.82) is 0 Å². The molecule has 1 heteroatoms. The molecule has 1 nitrogen and oxygen atoms in total. The predicted molar refractivity (Wildman–Crippen MR) is 85.2 cm³/mol. The van der Waals surface area contributed by atoms with Crippen molar-refractivity contribution >= 4 is 0 Å². The highest BCUT2D eigenvalue weighted by Gasteiger charge is 2.03. The smallest absolute Gasteiger partial charge is 0.0184 e. The van der Waals surface area contributed by atoms with Crippen LogP contribution in [0.15, 0.2) is 78.9 Å². The standard InChI is InChI=1S/C19H17N/c20-14-18-8-4-5-9-19(18)17-12-10-16(11-13-17)15-6-2-1-3-7-15/h1-13H,14,20H2. The molecule has 3 aromatic carbocycles. The molecule has 0 amide bonds. The van der Waals surface area contributed by atoms with Gasteiger partial charge in [-0.15, -0.1) is 0 Å². The quantitative estimate of drug-likeness (QED) is 0.737. The van der Waals surface area contributed by atoms with Crippen LogP contribution < -0.4 is 5.73 Å². The van der Waals surface area contributed by atoms with E-state index in [4.69, 9.17) is 5.73 Å². The van der Waals surface area contributed by atoms with E-state index in [1.165, 1.54) is 27.8 Å². The van der Waals surface area contributed by atoms with Gasteiger partial charge in [0.15, 0.2) is 0 Å². The van der Waals surface area contributed by atoms with E-state index in [0.717, 1.165) is 0 Å². The average molecular weight is 259 g/mol. The van der Waals surface area contributed by atoms with Crippen molar-refractivity contribution in [2.45, 2.75) is 6.54 Å². The first kappa shape index (κ1) is 12.6. The molecule has 0 saturated heterocycles. The van der Waals surface area contributed by atoms with Crippen molar-refractivity contribution in [3.63, 3.8) is 0 Å². The molecule has 0 aliphatic rings. The molecule has 0 fully saturated rings. The topological polar surface area (TPSA) is 26.0 Å². The molecule has 0 saturated carbocycles. The number of hydrogen-bond donors (Lipinski definition) is 1. The predicted octanol–water partition coefficient (Wildman–Crippen LogP) is 4.48. The summed E-state index contributed by atoms with van der Waals surface area (Å²) < 4.78 is 0. The first-order chi connectivity index (χ1) is 9.88. The van der Waals surface area contributed by atoms with Crippen LogP contribution in [-0.4, -0.2) is 0 Å². The molecule has 0 heterocycles. The molecule has 3 aromatic rings. The Morgan fingerprint density at radius 3 is 1.80 bits per heavy atom. The molecule has 0 unspecified atom stereocenters. The summed E-state index contributed by atoms with van der Waals surface area (Å²) in [5.41, 5.74) is 11.9. The maximum Gasteiger partial charge on any atom is 0.0184 e. The summed E-state index contributed by atoms with van der Waals surface area (Å²) >= 11 is 0. The molecule has 0 aliphatic heterocycles. The minimum atomic E-state index is 0.566. The highest BCUT2D eigenvalue weighted by molar-refractivity contribution is 5.72. The Balaban J connectivity index is 1.98. The lowest BCUT2D eigenvalue weighted by atomic mass is 9.97. The summed E-state index contributed by atoms with van der Waals surface area (Å²) in [6.45, 7) is 0.566. The highest BCUT2D eigenvalue weighted by Crippen LogP contribution is 2.26. The van der Waals surface area contributed by atoms with Crippen LogP contribution in [0.3, 0.4) is 0 Å². The Morgan fingerprint density at radius 1 is 0.550 bits per heavy atom. The van der Waals surface area contributed by atoms with Crippen LogP contribution in [0.5, 0.6) is 0 Å². The van der Waals surface area contributed by atoms with Crippen molar-refractivity contribution in [3.05, 3.63) is 84.4 Å². The maximum atomic E-state index is 5.81. The monoisotopic (exact) mass is 259 g/mol. The van der Waals surface area contributed by atoms with Crippen molar-refractivity contribution in [2.75, 3.05) is 0 Å². The van der Waals surface area contributed by atoms with Gasteiger partial charge >= 0.3 is 0 Å². The summed E-state index contributed by atoms with van der Waals surface area (Å²) in [5, 5.41) is 0. The lowest BCUT2D eigenvalue weighted by Gasteiger charge is -2.09. The van der Waals surface area contributed by atoms with Gasteiger partial charge in [0, 0.05) is 6.54 Å². The van der Waals surface area contributed by atoms with Gasteiger partial charge < -0.3 is 5.73 Å². The van der Waals surface area contributed by atoms with Gasteiger partial charge in [-0.25, -0.2) is 0 Å². The van der Waals surface area contributed by atoms with Gasteiger partial charge in [-0.2, -0.15) is 0 Å². The first-order valence-electron chi connectivity index (χ1n) is 6.82. The van der Waals surface area contributed by atoms with Crippen LogP contribution in [0.4, 0.5) is 0 Å². The Morgan fingerprint density at radius 2 is 1.10 bits per heavy atom. The normalized spacial score (nSPS) is 10.4. The Hall–Kier alpha value is -2.38. The van der Waals surface area contributed by atoms with E-state index in [9.17, 15) is 0 Å². The zero-order chi connectivity index (χ0) is 13.8. The Bertz CT molecular complexity index is 684. The molecule has 3 rings (SSSR count). The third-order valence-electron chi connectivity index (χ3n) is 3.54. The molecule has 0 spiro atoms. The Kier molecular flexibility index (Phi) is 3.62. The van der Waals surface area contributed by atoms with Gasteiger partial charge in [0.1, 0.15) is 0 Å². The third kappa shape index (κ3) is 2.49. The van der Waals surface area contributed by atoms with Crippen molar-refractivity contribution in [1.82, 2.24) is 0 Å². The largest absolute Gasteiger partial charge is 0.326 e. The lowest BCUT2D eigenvalue weighted by Crippen LogP contribution is -1.98. The third-order valence-corrected chi connectivity index (χ3v) is 3.54. The fourth-order valence-electron chi connectivity index (χ4n) is 2.45. The molecule has 0 aromatic heterocycles. The van der Waals surface area contributed by atoms with Crippen molar-refractivity contribution in [3.8, 4) is 22.3 Å². The summed E-state index contributed by atoms with van der Waals surface area (Å²) in [5.74, 6) is 0. The van der Waals surface area contributed by atoms with Crippen LogP contribution >= 0.6 is 0 Å². The fourth-order valence-corrected chi connectivity index (χ4v) is 2.45. The lowest BCUT2D eigenvalue weighted by molar-refractivity contribution is 1.07. The average Bonchev–Trinajstić information content (AvgIpc) is 2.56. The zero-order valence-corrected chi connectivity index (χ0v) is 11.3. The minimum absolute atomic E-state index is 0.566. The molecule has 2 N–H and O–H groups in total. The first-order valence-corrected chi connectivity index (χ1v) is 6.82. The van der Waals surface area contributed by atoms with Gasteiger partial charge in [-0.3, -0.25) is 0 Å². The number of rotatable bonds is 3. The van der Waals surface area contributed by atoms with Crippen LogP contribution in [0, 0.1) is 0 Å². The van der Waals surface area contributed by atoms with E-state index in [1.807, 2.05) is 12.1 Å². The molecule has 20 heavy (non-hydrogen) atoms. The summed E-state index contributed by atoms with van der Waals surface area (Å²) in [6, 6.07) is 27.4. The second kappa shape index (κ2) is 5.72. The summed E-state index contributed by atoms with van der Waals surface area (Å²) in [4.78, 5) is 0. The summed E-state index contributed by atoms with van der Waals surface area (Å²) in [6.07, 6.45) is 0. The highest BCUT2D eigenvalue weighted by atomic mass is 14.5. The van der Waals surface area contributed by atoms with Crippen molar-refractivity contribution in [2.24, 2.45) is 5.73 Å². The molecule has 0 radical (unpaired) electrons. The second-order valence-electron chi connectivity index (χ2n) is 4.80. The minimum Gasteiger partial charge on any atom is -0.326 e. The SMILES string of the molecule is NCc1ccccc1-c1ccc(-c2ccccc2)cc1. The molecule has 0 aliphatic carbocycles. The van der Waals surface area contributed by atoms with Gasteiger partial charge in [0.05, 0.1) is 0 Å². The van der Waals surface area contributed by atoms with Crippen LogP contribution in [0.2, 0.25) is 0 Å². The molecular weight excluding hydrogens is 242 g/mol. The van der Waals surface area contributed by atoms with E-state index in [2.05, 4.69) is 66.7 Å². The van der Waals surface area contributed by atoms with Gasteiger partial charge in [-0.05, 0) is 27.8 Å². The molecule has 0 atom stereocenters. The van der Waals surface area contributed by atoms with Gasteiger partial charge in [0.25, 0.3) is 0 Å². The fraction of sp³-hybridized carbons (Fsp3) is 0.0526. The maximum absolute atomic E-state index is 5.81. The Labute approximate surface area is 119 Å². The summed E-state index contributed by atoms with van der Waals surface area (Å²) in [7, 11) is 0. The van der Waals surface area contributed by atoms with Crippen LogP contribution in [0.1, 0.15) is 5.56 Å². The number of nitrogens with two attached hydrogens (primary N) is 1. The van der Waals surface area contributed by atoms with Crippen LogP contribution in [0.25, 0.3) is 22.3 Å².